The Morgan fingerprint density at radius 3 is 2.10 bits per heavy atom. The van der Waals surface area contributed by atoms with Gasteiger partial charge in [-0.25, -0.2) is 0 Å². The molecule has 3 nitrogen and oxygen atoms in total. The fourth-order valence-electron chi connectivity index (χ4n) is 5.00. The Morgan fingerprint density at radius 1 is 0.846 bits per heavy atom. The predicted molar refractivity (Wildman–Crippen MR) is 167 cm³/mol. The van der Waals surface area contributed by atoms with Crippen LogP contribution in [0.4, 0.5) is 17.1 Å². The second-order valence-electron chi connectivity index (χ2n) is 9.59. The molecule has 1 amide bonds. The summed E-state index contributed by atoms with van der Waals surface area (Å²) in [6.07, 6.45) is 16.4. The second-order valence-corrected chi connectivity index (χ2v) is 9.59. The van der Waals surface area contributed by atoms with Crippen molar-refractivity contribution in [1.29, 1.82) is 0 Å². The zero-order valence-corrected chi connectivity index (χ0v) is 23.1. The molecule has 0 aromatic heterocycles. The van der Waals surface area contributed by atoms with Crippen LogP contribution in [0.25, 0.3) is 5.57 Å². The monoisotopic (exact) mass is 514 g/mol. The zero-order chi connectivity index (χ0) is 27.5. The number of anilines is 3. The minimum absolute atomic E-state index is 0.167. The molecule has 0 spiro atoms. The largest absolute Gasteiger partial charge is 0.340 e. The van der Waals surface area contributed by atoms with Crippen molar-refractivity contribution in [3.8, 4) is 0 Å². The molecule has 3 aromatic carbocycles. The lowest BCUT2D eigenvalue weighted by molar-refractivity contribution is -0.112. The van der Waals surface area contributed by atoms with Gasteiger partial charge in [0.25, 0.3) is 5.91 Å². The van der Waals surface area contributed by atoms with E-state index in [1.165, 1.54) is 41.8 Å². The molecule has 1 heterocycles. The first-order chi connectivity index (χ1) is 19.2. The highest BCUT2D eigenvalue weighted by atomic mass is 16.1. The number of benzene rings is 3. The van der Waals surface area contributed by atoms with Crippen LogP contribution in [-0.4, -0.2) is 12.5 Å². The Morgan fingerprint density at radius 2 is 1.49 bits per heavy atom. The number of nitrogens with one attached hydrogen (secondary N) is 1. The summed E-state index contributed by atoms with van der Waals surface area (Å²) in [6.45, 7) is 9.05. The minimum atomic E-state index is -0.167. The molecule has 198 valence electrons. The number of carbonyl (C=O) groups is 1. The fourth-order valence-corrected chi connectivity index (χ4v) is 5.00. The van der Waals surface area contributed by atoms with Gasteiger partial charge in [-0.2, -0.15) is 0 Å². The van der Waals surface area contributed by atoms with Crippen molar-refractivity contribution in [2.75, 3.05) is 16.8 Å². The van der Waals surface area contributed by atoms with E-state index in [0.29, 0.717) is 5.57 Å². The van der Waals surface area contributed by atoms with Crippen LogP contribution in [0.5, 0.6) is 0 Å². The highest BCUT2D eigenvalue weighted by Crippen LogP contribution is 2.45. The Balaban J connectivity index is 1.81. The Bertz CT molecular complexity index is 1360. The van der Waals surface area contributed by atoms with Crippen molar-refractivity contribution in [1.82, 2.24) is 0 Å². The summed E-state index contributed by atoms with van der Waals surface area (Å²) >= 11 is 0. The van der Waals surface area contributed by atoms with Gasteiger partial charge < -0.3 is 10.2 Å². The maximum atomic E-state index is 13.6. The molecular formula is C36H38N2O. The van der Waals surface area contributed by atoms with Gasteiger partial charge in [-0.15, -0.1) is 0 Å². The van der Waals surface area contributed by atoms with Gasteiger partial charge in [0.1, 0.15) is 0 Å². The van der Waals surface area contributed by atoms with Gasteiger partial charge in [0.2, 0.25) is 0 Å². The molecule has 0 aliphatic carbocycles. The number of rotatable bonds is 11. The molecule has 1 aliphatic rings. The number of hydrogen-bond acceptors (Lipinski definition) is 2. The van der Waals surface area contributed by atoms with Crippen molar-refractivity contribution >= 4 is 28.5 Å². The third kappa shape index (κ3) is 6.74. The van der Waals surface area contributed by atoms with Gasteiger partial charge in [-0.1, -0.05) is 118 Å². The molecule has 1 N–H and O–H groups in total. The highest BCUT2D eigenvalue weighted by Gasteiger charge is 2.25. The maximum absolute atomic E-state index is 13.6. The maximum Gasteiger partial charge on any atom is 0.256 e. The van der Waals surface area contributed by atoms with E-state index in [4.69, 9.17) is 0 Å². The van der Waals surface area contributed by atoms with Crippen LogP contribution in [0.2, 0.25) is 0 Å². The number of allylic oxidation sites excluding steroid dienone is 6. The molecule has 0 saturated heterocycles. The lowest BCUT2D eigenvalue weighted by Crippen LogP contribution is -2.24. The molecule has 0 unspecified atom stereocenters. The first-order valence-corrected chi connectivity index (χ1v) is 13.9. The number of unbranched alkanes of at least 4 members (excludes halogenated alkanes) is 3. The van der Waals surface area contributed by atoms with E-state index in [2.05, 4.69) is 78.3 Å². The summed E-state index contributed by atoms with van der Waals surface area (Å²) in [7, 11) is 0. The SMILES string of the molecule is C=C/C=C(\C=C/C)C(=C\C=C1c2ccccc2N(CCCCCC)c2ccccc21)/C(=O)Nc1ccccc1. The van der Waals surface area contributed by atoms with Crippen LogP contribution in [0.1, 0.15) is 50.7 Å². The van der Waals surface area contributed by atoms with E-state index < -0.39 is 0 Å². The van der Waals surface area contributed by atoms with Crippen LogP contribution in [0, 0.1) is 0 Å². The second kappa shape index (κ2) is 14.0. The lowest BCUT2D eigenvalue weighted by atomic mass is 9.89. The zero-order valence-electron chi connectivity index (χ0n) is 23.1. The van der Waals surface area contributed by atoms with Crippen LogP contribution in [0.3, 0.4) is 0 Å². The van der Waals surface area contributed by atoms with E-state index >= 15 is 0 Å². The smallest absolute Gasteiger partial charge is 0.256 e. The summed E-state index contributed by atoms with van der Waals surface area (Å²) in [5.41, 5.74) is 7.99. The summed E-state index contributed by atoms with van der Waals surface area (Å²) in [5, 5.41) is 3.05. The lowest BCUT2D eigenvalue weighted by Gasteiger charge is -2.34. The van der Waals surface area contributed by atoms with Crippen molar-refractivity contribution < 1.29 is 4.79 Å². The first kappa shape index (κ1) is 27.7. The minimum Gasteiger partial charge on any atom is -0.340 e. The van der Waals surface area contributed by atoms with Crippen molar-refractivity contribution in [2.24, 2.45) is 0 Å². The molecule has 0 bridgehead atoms. The Kier molecular flexibility index (Phi) is 9.91. The van der Waals surface area contributed by atoms with Gasteiger partial charge in [-0.05, 0) is 54.8 Å². The van der Waals surface area contributed by atoms with Gasteiger partial charge in [0.05, 0.1) is 0 Å². The van der Waals surface area contributed by atoms with Crippen LogP contribution >= 0.6 is 0 Å². The van der Waals surface area contributed by atoms with Crippen molar-refractivity contribution in [3.05, 3.63) is 144 Å². The molecule has 39 heavy (non-hydrogen) atoms. The molecular weight excluding hydrogens is 476 g/mol. The Hall–Kier alpha value is -4.37. The number of hydrogen-bond donors (Lipinski definition) is 1. The van der Waals surface area contributed by atoms with Gasteiger partial charge in [-0.3, -0.25) is 4.79 Å². The van der Waals surface area contributed by atoms with E-state index in [1.54, 1.807) is 6.08 Å². The highest BCUT2D eigenvalue weighted by molar-refractivity contribution is 6.08. The third-order valence-corrected chi connectivity index (χ3v) is 6.85. The van der Waals surface area contributed by atoms with Crippen molar-refractivity contribution in [2.45, 2.75) is 39.5 Å². The molecule has 1 aliphatic heterocycles. The molecule has 4 rings (SSSR count). The molecule has 3 aromatic rings. The fraction of sp³-hybridized carbons (Fsp3) is 0.194. The summed E-state index contributed by atoms with van der Waals surface area (Å²) in [4.78, 5) is 16.0. The number of nitrogens with zero attached hydrogens (tertiary/aromatic N) is 1. The molecule has 0 atom stereocenters. The van der Waals surface area contributed by atoms with Gasteiger partial charge in [0, 0.05) is 40.3 Å². The topological polar surface area (TPSA) is 32.3 Å². The van der Waals surface area contributed by atoms with Crippen LogP contribution in [0.15, 0.2) is 133 Å². The van der Waals surface area contributed by atoms with E-state index in [1.807, 2.05) is 61.6 Å². The van der Waals surface area contributed by atoms with Crippen LogP contribution in [-0.2, 0) is 4.79 Å². The van der Waals surface area contributed by atoms with Gasteiger partial charge in [0.15, 0.2) is 0 Å². The van der Waals surface area contributed by atoms with Gasteiger partial charge >= 0.3 is 0 Å². The molecule has 0 fully saturated rings. The van der Waals surface area contributed by atoms with Crippen LogP contribution < -0.4 is 10.2 Å². The Labute approximate surface area is 233 Å². The standard InChI is InChI=1S/C36H38N2O/c1-4-7-8-16-27-38-34-23-14-12-21-32(34)31(33-22-13-15-24-35(33)38)26-25-30(28(17-5-2)18-6-3)36(39)37-29-19-10-9-11-20-29/h5-6,9-15,17-26H,2,4,7-8,16,27H2,1,3H3,(H,37,39)/b18-6-,28-17+,30-25+. The third-order valence-electron chi connectivity index (χ3n) is 6.85. The number of amides is 1. The molecule has 0 saturated carbocycles. The van der Waals surface area contributed by atoms with Crippen molar-refractivity contribution in [3.63, 3.8) is 0 Å². The summed E-state index contributed by atoms with van der Waals surface area (Å²) in [6, 6.07) is 26.7. The number of carbonyl (C=O) groups excluding carboxylic acids is 1. The van der Waals surface area contributed by atoms with E-state index in [0.717, 1.165) is 29.8 Å². The normalized spacial score (nSPS) is 13.2. The summed E-state index contributed by atoms with van der Waals surface area (Å²) in [5.74, 6) is -0.167. The first-order valence-electron chi connectivity index (χ1n) is 13.9. The summed E-state index contributed by atoms with van der Waals surface area (Å²) < 4.78 is 0. The van der Waals surface area contributed by atoms with E-state index in [9.17, 15) is 4.79 Å². The molecule has 3 heteroatoms. The molecule has 0 radical (unpaired) electrons. The quantitative estimate of drug-likeness (QED) is 0.157. The average molecular weight is 515 g/mol. The average Bonchev–Trinajstić information content (AvgIpc) is 2.96. The number of para-hydroxylation sites is 3. The van der Waals surface area contributed by atoms with E-state index in [-0.39, 0.29) is 5.91 Å². The predicted octanol–water partition coefficient (Wildman–Crippen LogP) is 9.40. The number of fused-ring (bicyclic) bond motifs is 2.